The van der Waals surface area contributed by atoms with Crippen molar-refractivity contribution in [3.8, 4) is 5.88 Å². The molecule has 8 heteroatoms. The molecule has 2 amide bonds. The predicted molar refractivity (Wildman–Crippen MR) is 80.1 cm³/mol. The first-order valence-electron chi connectivity index (χ1n) is 6.23. The maximum absolute atomic E-state index is 12.1. The maximum Gasteiger partial charge on any atom is 0.413 e. The van der Waals surface area contributed by atoms with Gasteiger partial charge in [0.05, 0.1) is 13.5 Å². The molecule has 0 bridgehead atoms. The van der Waals surface area contributed by atoms with Crippen molar-refractivity contribution < 1.29 is 19.4 Å². The Balaban J connectivity index is 2.56. The van der Waals surface area contributed by atoms with Crippen molar-refractivity contribution in [2.24, 2.45) is 7.05 Å². The number of rotatable bonds is 2. The predicted octanol–water partition coefficient (Wildman–Crippen LogP) is 1.32. The Labute approximate surface area is 130 Å². The first-order chi connectivity index (χ1) is 10.3. The van der Waals surface area contributed by atoms with Crippen LogP contribution in [0, 0.1) is 0 Å². The van der Waals surface area contributed by atoms with Crippen molar-refractivity contribution in [3.63, 3.8) is 0 Å². The van der Waals surface area contributed by atoms with E-state index in [0.29, 0.717) is 10.4 Å². The number of benzene rings is 1. The molecule has 1 heterocycles. The number of nitrogens with zero attached hydrogens (tertiary/aromatic N) is 1. The summed E-state index contributed by atoms with van der Waals surface area (Å²) < 4.78 is 5.34. The van der Waals surface area contributed by atoms with E-state index in [2.05, 4.69) is 4.74 Å². The van der Waals surface area contributed by atoms with Gasteiger partial charge in [-0.15, -0.1) is 0 Å². The van der Waals surface area contributed by atoms with Crippen LogP contribution in [0.15, 0.2) is 23.0 Å². The minimum Gasteiger partial charge on any atom is -0.494 e. The summed E-state index contributed by atoms with van der Waals surface area (Å²) in [5, 5.41) is 13.1. The van der Waals surface area contributed by atoms with E-state index in [-0.39, 0.29) is 23.3 Å². The highest BCUT2D eigenvalue weighted by Gasteiger charge is 2.18. The lowest BCUT2D eigenvalue weighted by atomic mass is 10.0. The van der Waals surface area contributed by atoms with Crippen LogP contribution in [0.5, 0.6) is 5.88 Å². The van der Waals surface area contributed by atoms with Crippen LogP contribution in [0.2, 0.25) is 5.02 Å². The second-order valence-electron chi connectivity index (χ2n) is 4.57. The highest BCUT2D eigenvalue weighted by atomic mass is 35.5. The fraction of sp³-hybridized carbons (Fsp3) is 0.214. The van der Waals surface area contributed by atoms with Gasteiger partial charge < -0.3 is 9.84 Å². The molecule has 0 saturated carbocycles. The lowest BCUT2D eigenvalue weighted by Gasteiger charge is -2.12. The third-order valence-corrected chi connectivity index (χ3v) is 3.43. The van der Waals surface area contributed by atoms with E-state index in [1.807, 2.05) is 5.32 Å². The number of aromatic nitrogens is 1. The highest BCUT2D eigenvalue weighted by molar-refractivity contribution is 6.31. The number of halogens is 1. The van der Waals surface area contributed by atoms with Crippen LogP contribution in [0.1, 0.15) is 5.56 Å². The van der Waals surface area contributed by atoms with Gasteiger partial charge in [-0.05, 0) is 17.5 Å². The minimum absolute atomic E-state index is 0.218. The number of carbonyl (C=O) groups excluding carboxylic acids is 2. The van der Waals surface area contributed by atoms with Crippen LogP contribution in [0.4, 0.5) is 4.79 Å². The number of alkyl carbamates (subject to hydrolysis) is 1. The van der Waals surface area contributed by atoms with Gasteiger partial charge in [0.25, 0.3) is 5.56 Å². The smallest absolute Gasteiger partial charge is 0.413 e. The van der Waals surface area contributed by atoms with Gasteiger partial charge in [-0.2, -0.15) is 0 Å². The molecule has 0 unspecified atom stereocenters. The number of ether oxygens (including phenoxy) is 1. The normalized spacial score (nSPS) is 10.5. The summed E-state index contributed by atoms with van der Waals surface area (Å²) in [6, 6.07) is 4.55. The average Bonchev–Trinajstić information content (AvgIpc) is 2.49. The van der Waals surface area contributed by atoms with E-state index in [9.17, 15) is 19.5 Å². The first kappa shape index (κ1) is 15.8. The van der Waals surface area contributed by atoms with E-state index in [4.69, 9.17) is 11.6 Å². The second-order valence-corrected chi connectivity index (χ2v) is 5.01. The Morgan fingerprint density at radius 2 is 2.05 bits per heavy atom. The fourth-order valence-electron chi connectivity index (χ4n) is 2.10. The van der Waals surface area contributed by atoms with Gasteiger partial charge in [-0.25, -0.2) is 4.79 Å². The number of amides is 2. The SMILES string of the molecule is COC(=O)NC(=O)Cc1c(O)n(C)c(=O)c2cc(Cl)ccc12. The number of hydrogen-bond acceptors (Lipinski definition) is 5. The summed E-state index contributed by atoms with van der Waals surface area (Å²) in [5.74, 6) is -1.02. The molecule has 22 heavy (non-hydrogen) atoms. The van der Waals surface area contributed by atoms with Crippen LogP contribution < -0.4 is 10.9 Å². The van der Waals surface area contributed by atoms with Gasteiger partial charge in [0, 0.05) is 23.0 Å². The summed E-state index contributed by atoms with van der Waals surface area (Å²) >= 11 is 5.88. The Morgan fingerprint density at radius 1 is 1.36 bits per heavy atom. The zero-order chi connectivity index (χ0) is 16.4. The molecule has 2 aromatic rings. The average molecular weight is 325 g/mol. The molecular weight excluding hydrogens is 312 g/mol. The van der Waals surface area contributed by atoms with Crippen molar-refractivity contribution >= 4 is 34.4 Å². The molecule has 116 valence electrons. The van der Waals surface area contributed by atoms with Gasteiger partial charge in [0.1, 0.15) is 0 Å². The molecule has 0 aliphatic rings. The maximum atomic E-state index is 12.1. The summed E-state index contributed by atoms with van der Waals surface area (Å²) in [7, 11) is 2.50. The molecule has 1 aromatic carbocycles. The number of pyridine rings is 1. The van der Waals surface area contributed by atoms with Gasteiger partial charge in [-0.3, -0.25) is 19.5 Å². The quantitative estimate of drug-likeness (QED) is 0.868. The van der Waals surface area contributed by atoms with Gasteiger partial charge in [0.2, 0.25) is 5.91 Å². The molecule has 0 fully saturated rings. The third-order valence-electron chi connectivity index (χ3n) is 3.19. The standard InChI is InChI=1S/C14H13ClN2O5/c1-17-12(19)9-5-7(15)3-4-8(9)10(13(17)20)6-11(18)16-14(21)22-2/h3-5,20H,6H2,1-2H3,(H,16,18,21). The third kappa shape index (κ3) is 2.89. The number of fused-ring (bicyclic) bond motifs is 1. The minimum atomic E-state index is -0.901. The molecule has 0 saturated heterocycles. The van der Waals surface area contributed by atoms with Crippen LogP contribution >= 0.6 is 11.6 Å². The van der Waals surface area contributed by atoms with Crippen LogP contribution in [0.25, 0.3) is 10.8 Å². The first-order valence-corrected chi connectivity index (χ1v) is 6.60. The Morgan fingerprint density at radius 3 is 2.68 bits per heavy atom. The number of methoxy groups -OCH3 is 1. The van der Waals surface area contributed by atoms with Crippen molar-refractivity contribution in [1.29, 1.82) is 0 Å². The highest BCUT2D eigenvalue weighted by Crippen LogP contribution is 2.26. The lowest BCUT2D eigenvalue weighted by Crippen LogP contribution is -2.32. The molecule has 0 aliphatic heterocycles. The Bertz CT molecular complexity index is 828. The molecule has 0 aliphatic carbocycles. The number of carbonyl (C=O) groups is 2. The second kappa shape index (κ2) is 6.07. The Kier molecular flexibility index (Phi) is 4.37. The van der Waals surface area contributed by atoms with Gasteiger partial charge in [-0.1, -0.05) is 17.7 Å². The summed E-state index contributed by atoms with van der Waals surface area (Å²) in [5.41, 5.74) is -0.220. The summed E-state index contributed by atoms with van der Waals surface area (Å²) in [6.45, 7) is 0. The van der Waals surface area contributed by atoms with Crippen molar-refractivity contribution in [3.05, 3.63) is 39.1 Å². The molecule has 0 radical (unpaired) electrons. The molecule has 7 nitrogen and oxygen atoms in total. The number of nitrogens with one attached hydrogen (secondary N) is 1. The monoisotopic (exact) mass is 324 g/mol. The number of aromatic hydroxyl groups is 1. The molecule has 2 rings (SSSR count). The molecule has 0 atom stereocenters. The Hall–Kier alpha value is -2.54. The lowest BCUT2D eigenvalue weighted by molar-refractivity contribution is -0.119. The largest absolute Gasteiger partial charge is 0.494 e. The van der Waals surface area contributed by atoms with Gasteiger partial charge in [0.15, 0.2) is 5.88 Å². The molecule has 0 spiro atoms. The van der Waals surface area contributed by atoms with Crippen molar-refractivity contribution in [2.75, 3.05) is 7.11 Å². The fourth-order valence-corrected chi connectivity index (χ4v) is 2.27. The summed E-state index contributed by atoms with van der Waals surface area (Å²) in [4.78, 5) is 35.0. The van der Waals surface area contributed by atoms with Crippen LogP contribution in [0.3, 0.4) is 0 Å². The zero-order valence-corrected chi connectivity index (χ0v) is 12.6. The van der Waals surface area contributed by atoms with Crippen LogP contribution in [-0.4, -0.2) is 28.8 Å². The van der Waals surface area contributed by atoms with Crippen LogP contribution in [-0.2, 0) is 23.0 Å². The van der Waals surface area contributed by atoms with E-state index in [1.165, 1.54) is 13.1 Å². The number of imide groups is 1. The zero-order valence-electron chi connectivity index (χ0n) is 11.8. The van der Waals surface area contributed by atoms with Crippen molar-refractivity contribution in [2.45, 2.75) is 6.42 Å². The number of hydrogen-bond donors (Lipinski definition) is 2. The van der Waals surface area contributed by atoms with E-state index < -0.39 is 17.6 Å². The van der Waals surface area contributed by atoms with E-state index >= 15 is 0 Å². The molecule has 2 N–H and O–H groups in total. The van der Waals surface area contributed by atoms with E-state index in [0.717, 1.165) is 11.7 Å². The van der Waals surface area contributed by atoms with E-state index in [1.54, 1.807) is 12.1 Å². The molecular formula is C14H13ClN2O5. The topological polar surface area (TPSA) is 97.6 Å². The van der Waals surface area contributed by atoms with Gasteiger partial charge >= 0.3 is 6.09 Å². The summed E-state index contributed by atoms with van der Waals surface area (Å²) in [6.07, 6.45) is -1.20. The molecule has 1 aromatic heterocycles. The van der Waals surface area contributed by atoms with Crippen molar-refractivity contribution in [1.82, 2.24) is 9.88 Å².